The Morgan fingerprint density at radius 1 is 1.41 bits per heavy atom. The van der Waals surface area contributed by atoms with Crippen LogP contribution in [0, 0.1) is 19.8 Å². The maximum atomic E-state index is 10.9. The molecular formula is C13H19NO3. The van der Waals surface area contributed by atoms with Gasteiger partial charge in [0.1, 0.15) is 5.75 Å². The summed E-state index contributed by atoms with van der Waals surface area (Å²) in [6.45, 7) is 5.84. The second-order valence-corrected chi connectivity index (χ2v) is 4.33. The van der Waals surface area contributed by atoms with Crippen LogP contribution in [0.1, 0.15) is 23.6 Å². The number of rotatable bonds is 5. The number of aryl methyl sites for hydroxylation is 2. The van der Waals surface area contributed by atoms with E-state index in [0.717, 1.165) is 22.4 Å². The van der Waals surface area contributed by atoms with Crippen LogP contribution in [0.3, 0.4) is 0 Å². The van der Waals surface area contributed by atoms with Crippen LogP contribution in [0.4, 0.5) is 0 Å². The first-order valence-electron chi connectivity index (χ1n) is 5.58. The number of amides is 1. The molecule has 4 heteroatoms. The molecule has 0 aliphatic rings. The number of primary amides is 1. The number of hydrogen-bond acceptors (Lipinski definition) is 3. The van der Waals surface area contributed by atoms with Crippen molar-refractivity contribution in [3.8, 4) is 5.75 Å². The highest BCUT2D eigenvalue weighted by Gasteiger charge is 2.12. The summed E-state index contributed by atoms with van der Waals surface area (Å²) in [5, 5.41) is 9.07. The average Bonchev–Trinajstić information content (AvgIpc) is 2.27. The number of carbonyl (C=O) groups excluding carboxylic acids is 1. The van der Waals surface area contributed by atoms with Crippen molar-refractivity contribution >= 4 is 5.91 Å². The van der Waals surface area contributed by atoms with Crippen molar-refractivity contribution in [1.82, 2.24) is 0 Å². The minimum Gasteiger partial charge on any atom is -0.492 e. The molecule has 1 aromatic rings. The molecule has 0 aromatic heterocycles. The number of aliphatic hydroxyl groups is 1. The molecule has 4 nitrogen and oxygen atoms in total. The summed E-state index contributed by atoms with van der Waals surface area (Å²) in [6, 6.07) is 3.74. The monoisotopic (exact) mass is 237 g/mol. The summed E-state index contributed by atoms with van der Waals surface area (Å²) in [4.78, 5) is 10.9. The summed E-state index contributed by atoms with van der Waals surface area (Å²) >= 11 is 0. The van der Waals surface area contributed by atoms with Crippen LogP contribution < -0.4 is 10.5 Å². The molecule has 0 saturated carbocycles. The third-order valence-corrected chi connectivity index (χ3v) is 2.67. The Morgan fingerprint density at radius 2 is 1.94 bits per heavy atom. The fourth-order valence-corrected chi connectivity index (χ4v) is 1.65. The Kier molecular flexibility index (Phi) is 4.52. The Hall–Kier alpha value is -1.55. The zero-order valence-corrected chi connectivity index (χ0v) is 10.5. The van der Waals surface area contributed by atoms with Crippen molar-refractivity contribution in [3.05, 3.63) is 28.8 Å². The average molecular weight is 237 g/mol. The molecule has 17 heavy (non-hydrogen) atoms. The van der Waals surface area contributed by atoms with Gasteiger partial charge in [-0.15, -0.1) is 0 Å². The molecule has 0 radical (unpaired) electrons. The van der Waals surface area contributed by atoms with Crippen LogP contribution >= 0.6 is 0 Å². The van der Waals surface area contributed by atoms with E-state index >= 15 is 0 Å². The second-order valence-electron chi connectivity index (χ2n) is 4.33. The van der Waals surface area contributed by atoms with Gasteiger partial charge in [0.25, 0.3) is 0 Å². The van der Waals surface area contributed by atoms with E-state index in [-0.39, 0.29) is 25.0 Å². The fourth-order valence-electron chi connectivity index (χ4n) is 1.65. The first-order chi connectivity index (χ1) is 7.95. The van der Waals surface area contributed by atoms with Crippen LogP contribution in [0.25, 0.3) is 0 Å². The van der Waals surface area contributed by atoms with Crippen molar-refractivity contribution < 1.29 is 14.6 Å². The topological polar surface area (TPSA) is 72.6 Å². The van der Waals surface area contributed by atoms with E-state index in [0.29, 0.717) is 0 Å². The van der Waals surface area contributed by atoms with E-state index in [1.807, 2.05) is 26.0 Å². The highest BCUT2D eigenvalue weighted by molar-refractivity contribution is 5.76. The molecule has 1 atom stereocenters. The van der Waals surface area contributed by atoms with Gasteiger partial charge in [-0.25, -0.2) is 0 Å². The number of benzene rings is 1. The van der Waals surface area contributed by atoms with Gasteiger partial charge in [-0.05, 0) is 30.5 Å². The molecule has 1 rings (SSSR count). The van der Waals surface area contributed by atoms with Crippen molar-refractivity contribution in [2.24, 2.45) is 11.7 Å². The molecule has 0 fully saturated rings. The van der Waals surface area contributed by atoms with Crippen LogP contribution in [0.2, 0.25) is 0 Å². The maximum absolute atomic E-state index is 10.9. The van der Waals surface area contributed by atoms with Gasteiger partial charge in [0.05, 0.1) is 19.1 Å². The number of ether oxygens (including phenoxy) is 1. The second kappa shape index (κ2) is 5.68. The molecule has 0 saturated heterocycles. The number of aliphatic hydroxyl groups excluding tert-OH is 1. The van der Waals surface area contributed by atoms with Gasteiger partial charge >= 0.3 is 0 Å². The van der Waals surface area contributed by atoms with Gasteiger partial charge in [0, 0.05) is 0 Å². The summed E-state index contributed by atoms with van der Waals surface area (Å²) in [7, 11) is 0. The molecule has 1 unspecified atom stereocenters. The van der Waals surface area contributed by atoms with Crippen molar-refractivity contribution in [2.75, 3.05) is 6.61 Å². The lowest BCUT2D eigenvalue weighted by Gasteiger charge is -2.15. The van der Waals surface area contributed by atoms with Gasteiger partial charge in [-0.3, -0.25) is 4.79 Å². The normalized spacial score (nSPS) is 12.2. The highest BCUT2D eigenvalue weighted by Crippen LogP contribution is 2.25. The van der Waals surface area contributed by atoms with E-state index < -0.39 is 0 Å². The highest BCUT2D eigenvalue weighted by atomic mass is 16.5. The third-order valence-electron chi connectivity index (χ3n) is 2.67. The molecule has 3 N–H and O–H groups in total. The molecule has 0 aliphatic carbocycles. The van der Waals surface area contributed by atoms with E-state index in [9.17, 15) is 4.79 Å². The Balaban J connectivity index is 2.81. The minimum atomic E-state index is -0.368. The largest absolute Gasteiger partial charge is 0.492 e. The van der Waals surface area contributed by atoms with Crippen LogP contribution in [-0.2, 0) is 11.4 Å². The summed E-state index contributed by atoms with van der Waals surface area (Å²) in [5.41, 5.74) is 7.93. The van der Waals surface area contributed by atoms with E-state index in [1.54, 1.807) is 6.92 Å². The maximum Gasteiger partial charge on any atom is 0.223 e. The lowest BCUT2D eigenvalue weighted by atomic mass is 10.1. The van der Waals surface area contributed by atoms with Crippen molar-refractivity contribution in [1.29, 1.82) is 0 Å². The van der Waals surface area contributed by atoms with Crippen LogP contribution in [0.5, 0.6) is 5.75 Å². The Morgan fingerprint density at radius 3 is 2.35 bits per heavy atom. The molecule has 0 bridgehead atoms. The molecular weight excluding hydrogens is 218 g/mol. The van der Waals surface area contributed by atoms with E-state index in [4.69, 9.17) is 15.6 Å². The number of carbonyl (C=O) groups is 1. The molecule has 0 aliphatic heterocycles. The molecule has 0 spiro atoms. The third kappa shape index (κ3) is 3.46. The van der Waals surface area contributed by atoms with Gasteiger partial charge < -0.3 is 15.6 Å². The van der Waals surface area contributed by atoms with Gasteiger partial charge in [0.15, 0.2) is 0 Å². The zero-order chi connectivity index (χ0) is 13.0. The van der Waals surface area contributed by atoms with Crippen LogP contribution in [0.15, 0.2) is 12.1 Å². The van der Waals surface area contributed by atoms with Crippen molar-refractivity contribution in [3.63, 3.8) is 0 Å². The number of hydrogen-bond donors (Lipinski definition) is 2. The Bertz CT molecular complexity index is 392. The SMILES string of the molecule is Cc1cc(CO)cc(C)c1OCC(C)C(N)=O. The standard InChI is InChI=1S/C13H19NO3/c1-8-4-11(6-15)5-9(2)12(8)17-7-10(3)13(14)16/h4-5,10,15H,6-7H2,1-3H3,(H2,14,16). The summed E-state index contributed by atoms with van der Waals surface area (Å²) < 4.78 is 5.61. The molecule has 1 aromatic carbocycles. The smallest absolute Gasteiger partial charge is 0.223 e. The van der Waals surface area contributed by atoms with Crippen LogP contribution in [-0.4, -0.2) is 17.6 Å². The van der Waals surface area contributed by atoms with E-state index in [2.05, 4.69) is 0 Å². The number of nitrogens with two attached hydrogens (primary N) is 1. The predicted octanol–water partition coefficient (Wildman–Crippen LogP) is 1.30. The first-order valence-corrected chi connectivity index (χ1v) is 5.58. The minimum absolute atomic E-state index is 0.0135. The lowest BCUT2D eigenvalue weighted by Crippen LogP contribution is -2.26. The summed E-state index contributed by atoms with van der Waals surface area (Å²) in [5.74, 6) is 0.0777. The molecule has 94 valence electrons. The molecule has 0 heterocycles. The van der Waals surface area contributed by atoms with Gasteiger partial charge in [0.2, 0.25) is 5.91 Å². The first kappa shape index (κ1) is 13.5. The lowest BCUT2D eigenvalue weighted by molar-refractivity contribution is -0.122. The predicted molar refractivity (Wildman–Crippen MR) is 65.7 cm³/mol. The quantitative estimate of drug-likeness (QED) is 0.810. The fraction of sp³-hybridized carbons (Fsp3) is 0.462. The van der Waals surface area contributed by atoms with Gasteiger partial charge in [-0.1, -0.05) is 19.1 Å². The van der Waals surface area contributed by atoms with Gasteiger partial charge in [-0.2, -0.15) is 0 Å². The van der Waals surface area contributed by atoms with Crippen molar-refractivity contribution in [2.45, 2.75) is 27.4 Å². The summed E-state index contributed by atoms with van der Waals surface area (Å²) in [6.07, 6.45) is 0. The Labute approximate surface area is 101 Å². The van der Waals surface area contributed by atoms with E-state index in [1.165, 1.54) is 0 Å². The molecule has 1 amide bonds. The zero-order valence-electron chi connectivity index (χ0n) is 10.5.